The van der Waals surface area contributed by atoms with Gasteiger partial charge < -0.3 is 24.3 Å². The third-order valence-corrected chi connectivity index (χ3v) is 4.91. The molecule has 0 saturated carbocycles. The lowest BCUT2D eigenvalue weighted by Gasteiger charge is -2.34. The van der Waals surface area contributed by atoms with Gasteiger partial charge in [0.05, 0.1) is 12.2 Å². The molecule has 162 valence electrons. The summed E-state index contributed by atoms with van der Waals surface area (Å²) in [6.07, 6.45) is 0. The maximum atomic E-state index is 12.5. The van der Waals surface area contributed by atoms with Crippen LogP contribution >= 0.6 is 0 Å². The van der Waals surface area contributed by atoms with Crippen molar-refractivity contribution in [3.05, 3.63) is 59.0 Å². The van der Waals surface area contributed by atoms with Crippen LogP contribution in [0.1, 0.15) is 48.2 Å². The third-order valence-electron chi connectivity index (χ3n) is 4.91. The van der Waals surface area contributed by atoms with Crippen LogP contribution in [0.3, 0.4) is 0 Å². The van der Waals surface area contributed by atoms with Gasteiger partial charge in [-0.1, -0.05) is 24.3 Å². The van der Waals surface area contributed by atoms with Crippen molar-refractivity contribution in [3.63, 3.8) is 0 Å². The first-order valence-electron chi connectivity index (χ1n) is 10.3. The maximum Gasteiger partial charge on any atom is 0.317 e. The number of nitrogens with one attached hydrogen (secondary N) is 1. The molecule has 0 aliphatic carbocycles. The van der Waals surface area contributed by atoms with Gasteiger partial charge in [0.2, 0.25) is 0 Å². The highest BCUT2D eigenvalue weighted by molar-refractivity contribution is 5.91. The van der Waals surface area contributed by atoms with Crippen LogP contribution in [0.4, 0.5) is 4.79 Å². The van der Waals surface area contributed by atoms with Crippen molar-refractivity contribution in [2.24, 2.45) is 0 Å². The Morgan fingerprint density at radius 2 is 1.70 bits per heavy atom. The van der Waals surface area contributed by atoms with Crippen LogP contribution in [0.5, 0.6) is 0 Å². The SMILES string of the molecule is Cc1ccc(C(=O)N2CCN(C(=O)NCc3cccc(COC(C)(C)C)c3)CC2)o1. The number of amides is 3. The Morgan fingerprint density at radius 1 is 1.03 bits per heavy atom. The Kier molecular flexibility index (Phi) is 6.82. The normalized spacial score (nSPS) is 14.7. The number of nitrogens with zero attached hydrogens (tertiary/aromatic N) is 2. The number of urea groups is 1. The number of rotatable bonds is 5. The minimum absolute atomic E-state index is 0.118. The smallest absolute Gasteiger partial charge is 0.317 e. The summed E-state index contributed by atoms with van der Waals surface area (Å²) in [7, 11) is 0. The number of piperazine rings is 1. The molecule has 2 heterocycles. The highest BCUT2D eigenvalue weighted by Crippen LogP contribution is 2.14. The Labute approximate surface area is 178 Å². The number of carbonyl (C=O) groups excluding carboxylic acids is 2. The van der Waals surface area contributed by atoms with Crippen LogP contribution in [0.15, 0.2) is 40.8 Å². The Hall–Kier alpha value is -2.80. The number of aryl methyl sites for hydroxylation is 1. The summed E-state index contributed by atoms with van der Waals surface area (Å²) in [5.74, 6) is 0.934. The van der Waals surface area contributed by atoms with E-state index in [1.165, 1.54) is 0 Å². The number of ether oxygens (including phenoxy) is 1. The number of carbonyl (C=O) groups is 2. The van der Waals surface area contributed by atoms with Gasteiger partial charge in [0, 0.05) is 32.7 Å². The molecule has 7 nitrogen and oxygen atoms in total. The predicted molar refractivity (Wildman–Crippen MR) is 114 cm³/mol. The van der Waals surface area contributed by atoms with E-state index in [1.807, 2.05) is 52.0 Å². The molecule has 3 amide bonds. The van der Waals surface area contributed by atoms with Crippen molar-refractivity contribution < 1.29 is 18.7 Å². The Balaban J connectivity index is 1.45. The minimum Gasteiger partial charge on any atom is -0.456 e. The molecule has 0 unspecified atom stereocenters. The summed E-state index contributed by atoms with van der Waals surface area (Å²) in [4.78, 5) is 28.4. The van der Waals surface area contributed by atoms with E-state index in [0.717, 1.165) is 11.1 Å². The van der Waals surface area contributed by atoms with Gasteiger partial charge in [0.15, 0.2) is 5.76 Å². The molecule has 3 rings (SSSR count). The van der Waals surface area contributed by atoms with Gasteiger partial charge >= 0.3 is 6.03 Å². The molecule has 1 aliphatic heterocycles. The molecule has 1 aromatic carbocycles. The zero-order chi connectivity index (χ0) is 21.7. The number of hydrogen-bond acceptors (Lipinski definition) is 4. The van der Waals surface area contributed by atoms with Crippen molar-refractivity contribution in [1.82, 2.24) is 15.1 Å². The van der Waals surface area contributed by atoms with E-state index in [4.69, 9.17) is 9.15 Å². The third kappa shape index (κ3) is 6.10. The molecule has 0 bridgehead atoms. The van der Waals surface area contributed by atoms with Gasteiger partial charge in [-0.15, -0.1) is 0 Å². The van der Waals surface area contributed by atoms with Crippen LogP contribution in [-0.2, 0) is 17.9 Å². The molecule has 30 heavy (non-hydrogen) atoms. The van der Waals surface area contributed by atoms with Crippen LogP contribution < -0.4 is 5.32 Å². The monoisotopic (exact) mass is 413 g/mol. The molecular formula is C23H31N3O4. The lowest BCUT2D eigenvalue weighted by Crippen LogP contribution is -2.53. The van der Waals surface area contributed by atoms with Gasteiger partial charge in [-0.3, -0.25) is 4.79 Å². The second-order valence-electron chi connectivity index (χ2n) is 8.57. The largest absolute Gasteiger partial charge is 0.456 e. The fourth-order valence-electron chi connectivity index (χ4n) is 3.24. The average molecular weight is 414 g/mol. The molecule has 7 heteroatoms. The van der Waals surface area contributed by atoms with Gasteiger partial charge in [0.1, 0.15) is 5.76 Å². The van der Waals surface area contributed by atoms with Gasteiger partial charge in [0.25, 0.3) is 5.91 Å². The molecule has 0 spiro atoms. The molecule has 1 N–H and O–H groups in total. The predicted octanol–water partition coefficient (Wildman–Crippen LogP) is 3.57. The number of benzene rings is 1. The van der Waals surface area contributed by atoms with Gasteiger partial charge in [-0.2, -0.15) is 0 Å². The molecule has 0 atom stereocenters. The highest BCUT2D eigenvalue weighted by Gasteiger charge is 2.26. The summed E-state index contributed by atoms with van der Waals surface area (Å²) in [5.41, 5.74) is 1.92. The van der Waals surface area contributed by atoms with E-state index in [9.17, 15) is 9.59 Å². The summed E-state index contributed by atoms with van der Waals surface area (Å²) in [6, 6.07) is 11.4. The first-order chi connectivity index (χ1) is 14.2. The Morgan fingerprint density at radius 3 is 2.33 bits per heavy atom. The molecule has 1 aromatic heterocycles. The fraction of sp³-hybridized carbons (Fsp3) is 0.478. The van der Waals surface area contributed by atoms with Crippen molar-refractivity contribution in [3.8, 4) is 0 Å². The highest BCUT2D eigenvalue weighted by atomic mass is 16.5. The quantitative estimate of drug-likeness (QED) is 0.813. The lowest BCUT2D eigenvalue weighted by atomic mass is 10.1. The first-order valence-corrected chi connectivity index (χ1v) is 10.3. The van der Waals surface area contributed by atoms with E-state index in [2.05, 4.69) is 5.32 Å². The molecule has 2 aromatic rings. The van der Waals surface area contributed by atoms with Crippen molar-refractivity contribution >= 4 is 11.9 Å². The lowest BCUT2D eigenvalue weighted by molar-refractivity contribution is -0.0149. The van der Waals surface area contributed by atoms with Gasteiger partial charge in [-0.25, -0.2) is 4.79 Å². The summed E-state index contributed by atoms with van der Waals surface area (Å²) < 4.78 is 11.2. The fourth-order valence-corrected chi connectivity index (χ4v) is 3.24. The maximum absolute atomic E-state index is 12.5. The van der Waals surface area contributed by atoms with Crippen molar-refractivity contribution in [1.29, 1.82) is 0 Å². The molecule has 1 saturated heterocycles. The van der Waals surface area contributed by atoms with E-state index >= 15 is 0 Å². The number of furan rings is 1. The van der Waals surface area contributed by atoms with E-state index < -0.39 is 0 Å². The summed E-state index contributed by atoms with van der Waals surface area (Å²) >= 11 is 0. The zero-order valence-corrected chi connectivity index (χ0v) is 18.2. The van der Waals surface area contributed by atoms with Crippen molar-refractivity contribution in [2.75, 3.05) is 26.2 Å². The second kappa shape index (κ2) is 9.34. The molecule has 1 fully saturated rings. The Bertz CT molecular complexity index is 877. The standard InChI is InChI=1S/C23H31N3O4/c1-17-8-9-20(30-17)21(27)25-10-12-26(13-11-25)22(28)24-15-18-6-5-7-19(14-18)16-29-23(2,3)4/h5-9,14H,10-13,15-16H2,1-4H3,(H,24,28). The minimum atomic E-state index is -0.191. The first kappa shape index (κ1) is 21.9. The van der Waals surface area contributed by atoms with Crippen molar-refractivity contribution in [2.45, 2.75) is 46.4 Å². The van der Waals surface area contributed by atoms with Gasteiger partial charge in [-0.05, 0) is 51.0 Å². The van der Waals surface area contributed by atoms with E-state index in [1.54, 1.807) is 21.9 Å². The molecular weight excluding hydrogens is 382 g/mol. The summed E-state index contributed by atoms with van der Waals surface area (Å²) in [5, 5.41) is 2.97. The second-order valence-corrected chi connectivity index (χ2v) is 8.57. The zero-order valence-electron chi connectivity index (χ0n) is 18.2. The number of hydrogen-bond donors (Lipinski definition) is 1. The van der Waals surface area contributed by atoms with E-state index in [0.29, 0.717) is 50.9 Å². The summed E-state index contributed by atoms with van der Waals surface area (Å²) in [6.45, 7) is 10.9. The molecule has 1 aliphatic rings. The van der Waals surface area contributed by atoms with E-state index in [-0.39, 0.29) is 17.5 Å². The molecule has 0 radical (unpaired) electrons. The van der Waals surface area contributed by atoms with Crippen LogP contribution in [-0.4, -0.2) is 53.5 Å². The van der Waals surface area contributed by atoms with Crippen LogP contribution in [0, 0.1) is 6.92 Å². The average Bonchev–Trinajstić information content (AvgIpc) is 3.16. The van der Waals surface area contributed by atoms with Crippen LogP contribution in [0.2, 0.25) is 0 Å². The van der Waals surface area contributed by atoms with Crippen LogP contribution in [0.25, 0.3) is 0 Å². The topological polar surface area (TPSA) is 75.0 Å².